The third-order valence-electron chi connectivity index (χ3n) is 2.53. The van der Waals surface area contributed by atoms with E-state index in [1.807, 2.05) is 34.1 Å². The van der Waals surface area contributed by atoms with Gasteiger partial charge in [0.2, 0.25) is 0 Å². The Labute approximate surface area is 132 Å². The van der Waals surface area contributed by atoms with Crippen LogP contribution in [0.1, 0.15) is 6.92 Å². The molecule has 0 atom stereocenters. The van der Waals surface area contributed by atoms with Gasteiger partial charge in [0.05, 0.1) is 5.75 Å². The van der Waals surface area contributed by atoms with Crippen LogP contribution in [0.25, 0.3) is 11.4 Å². The van der Waals surface area contributed by atoms with Gasteiger partial charge in [-0.25, -0.2) is 4.39 Å². The maximum absolute atomic E-state index is 13.1. The first-order valence-corrected chi connectivity index (χ1v) is 7.82. The molecule has 0 radical (unpaired) electrons. The number of hydrogen-bond acceptors (Lipinski definition) is 4. The number of carboxylic acid groups (broad SMARTS) is 1. The first-order valence-electron chi connectivity index (χ1n) is 5.76. The summed E-state index contributed by atoms with van der Waals surface area (Å²) in [6.45, 7) is 2.53. The van der Waals surface area contributed by atoms with Crippen molar-refractivity contribution < 1.29 is 14.3 Å². The lowest BCUT2D eigenvalue weighted by Gasteiger charge is -2.08. The Bertz CT molecular complexity index is 648. The van der Waals surface area contributed by atoms with Gasteiger partial charge in [-0.05, 0) is 47.7 Å². The molecule has 1 aromatic heterocycles. The molecule has 20 heavy (non-hydrogen) atoms. The molecule has 0 aliphatic heterocycles. The molecule has 1 heterocycles. The van der Waals surface area contributed by atoms with Gasteiger partial charge in [0.1, 0.15) is 5.82 Å². The van der Waals surface area contributed by atoms with Crippen molar-refractivity contribution in [3.8, 4) is 11.4 Å². The molecule has 0 saturated carbocycles. The molecule has 0 aliphatic carbocycles. The van der Waals surface area contributed by atoms with Crippen LogP contribution >= 0.6 is 34.4 Å². The minimum atomic E-state index is -0.904. The highest BCUT2D eigenvalue weighted by Gasteiger charge is 2.16. The first kappa shape index (κ1) is 15.2. The molecular formula is C12H11FIN3O2S. The lowest BCUT2D eigenvalue weighted by molar-refractivity contribution is -0.133. The van der Waals surface area contributed by atoms with Crippen LogP contribution in [0.3, 0.4) is 0 Å². The largest absolute Gasteiger partial charge is 0.481 e. The summed E-state index contributed by atoms with van der Waals surface area (Å²) in [5.74, 6) is -0.664. The van der Waals surface area contributed by atoms with Crippen molar-refractivity contribution in [3.05, 3.63) is 27.6 Å². The molecule has 5 nitrogen and oxygen atoms in total. The minimum absolute atomic E-state index is 0.0708. The highest BCUT2D eigenvalue weighted by atomic mass is 127. The van der Waals surface area contributed by atoms with Crippen LogP contribution in [-0.4, -0.2) is 31.6 Å². The Balaban J connectivity index is 2.39. The summed E-state index contributed by atoms with van der Waals surface area (Å²) in [6.07, 6.45) is 0. The van der Waals surface area contributed by atoms with Crippen molar-refractivity contribution in [2.24, 2.45) is 0 Å². The Morgan fingerprint density at radius 2 is 2.25 bits per heavy atom. The van der Waals surface area contributed by atoms with Crippen molar-refractivity contribution in [1.29, 1.82) is 0 Å². The number of benzene rings is 1. The lowest BCUT2D eigenvalue weighted by Crippen LogP contribution is -2.03. The highest BCUT2D eigenvalue weighted by molar-refractivity contribution is 14.1. The molecule has 8 heteroatoms. The lowest BCUT2D eigenvalue weighted by atomic mass is 10.2. The number of rotatable bonds is 5. The van der Waals surface area contributed by atoms with Crippen LogP contribution in [0.2, 0.25) is 0 Å². The summed E-state index contributed by atoms with van der Waals surface area (Å²) in [6, 6.07) is 4.45. The first-order chi connectivity index (χ1) is 9.52. The highest BCUT2D eigenvalue weighted by Crippen LogP contribution is 2.27. The molecule has 0 bridgehead atoms. The molecule has 0 spiro atoms. The van der Waals surface area contributed by atoms with Gasteiger partial charge in [-0.1, -0.05) is 11.8 Å². The zero-order valence-electron chi connectivity index (χ0n) is 10.5. The van der Waals surface area contributed by atoms with E-state index >= 15 is 0 Å². The zero-order valence-corrected chi connectivity index (χ0v) is 13.5. The van der Waals surface area contributed by atoms with Crippen molar-refractivity contribution in [3.63, 3.8) is 0 Å². The minimum Gasteiger partial charge on any atom is -0.481 e. The molecule has 1 aromatic carbocycles. The summed E-state index contributed by atoms with van der Waals surface area (Å²) in [5, 5.41) is 17.4. The second-order valence-corrected chi connectivity index (χ2v) is 5.96. The third-order valence-corrected chi connectivity index (χ3v) is 4.37. The maximum Gasteiger partial charge on any atom is 0.313 e. The fourth-order valence-corrected chi connectivity index (χ4v) is 3.12. The summed E-state index contributed by atoms with van der Waals surface area (Å²) in [5.41, 5.74) is 0.781. The Kier molecular flexibility index (Phi) is 4.97. The third kappa shape index (κ3) is 3.29. The molecule has 0 aliphatic rings. The summed E-state index contributed by atoms with van der Waals surface area (Å²) >= 11 is 3.16. The van der Waals surface area contributed by atoms with Crippen LogP contribution < -0.4 is 0 Å². The molecule has 2 rings (SSSR count). The number of carbonyl (C=O) groups is 1. The maximum atomic E-state index is 13.1. The van der Waals surface area contributed by atoms with Crippen molar-refractivity contribution >= 4 is 40.3 Å². The van der Waals surface area contributed by atoms with E-state index in [-0.39, 0.29) is 11.6 Å². The van der Waals surface area contributed by atoms with Gasteiger partial charge in [0.25, 0.3) is 0 Å². The molecule has 0 unspecified atom stereocenters. The Morgan fingerprint density at radius 3 is 2.85 bits per heavy atom. The number of nitrogens with zero attached hydrogens (tertiary/aromatic N) is 3. The fourth-order valence-electron chi connectivity index (χ4n) is 1.68. The van der Waals surface area contributed by atoms with E-state index in [0.29, 0.717) is 17.5 Å². The second-order valence-electron chi connectivity index (χ2n) is 3.86. The van der Waals surface area contributed by atoms with Gasteiger partial charge in [0.15, 0.2) is 11.0 Å². The van der Waals surface area contributed by atoms with E-state index in [0.717, 1.165) is 20.9 Å². The topological polar surface area (TPSA) is 68.0 Å². The van der Waals surface area contributed by atoms with Crippen LogP contribution in [-0.2, 0) is 11.3 Å². The van der Waals surface area contributed by atoms with E-state index < -0.39 is 5.97 Å². The Hall–Kier alpha value is -1.16. The molecule has 0 fully saturated rings. The number of carboxylic acids is 1. The predicted octanol–water partition coefficient (Wildman–Crippen LogP) is 2.89. The number of aliphatic carboxylic acids is 1. The molecule has 2 aromatic rings. The van der Waals surface area contributed by atoms with Crippen LogP contribution in [0.4, 0.5) is 4.39 Å². The number of aromatic nitrogens is 3. The second kappa shape index (κ2) is 6.53. The quantitative estimate of drug-likeness (QED) is 0.610. The molecule has 106 valence electrons. The average Bonchev–Trinajstić information content (AvgIpc) is 2.79. The van der Waals surface area contributed by atoms with E-state index in [4.69, 9.17) is 5.11 Å². The van der Waals surface area contributed by atoms with Crippen LogP contribution in [0.15, 0.2) is 23.4 Å². The van der Waals surface area contributed by atoms with Crippen LogP contribution in [0, 0.1) is 9.39 Å². The van der Waals surface area contributed by atoms with E-state index in [1.165, 1.54) is 12.1 Å². The smallest absolute Gasteiger partial charge is 0.313 e. The zero-order chi connectivity index (χ0) is 14.7. The van der Waals surface area contributed by atoms with Crippen molar-refractivity contribution in [2.75, 3.05) is 5.75 Å². The van der Waals surface area contributed by atoms with Gasteiger partial charge < -0.3 is 9.67 Å². The van der Waals surface area contributed by atoms with Crippen molar-refractivity contribution in [2.45, 2.75) is 18.6 Å². The molecule has 1 N–H and O–H groups in total. The number of halogens is 2. The van der Waals surface area contributed by atoms with Crippen molar-refractivity contribution in [1.82, 2.24) is 14.8 Å². The molecule has 0 amide bonds. The van der Waals surface area contributed by atoms with E-state index in [9.17, 15) is 9.18 Å². The normalized spacial score (nSPS) is 10.8. The fraction of sp³-hybridized carbons (Fsp3) is 0.250. The van der Waals surface area contributed by atoms with E-state index in [2.05, 4.69) is 10.2 Å². The summed E-state index contributed by atoms with van der Waals surface area (Å²) in [7, 11) is 0. The van der Waals surface area contributed by atoms with Gasteiger partial charge in [-0.2, -0.15) is 0 Å². The number of hydrogen-bond donors (Lipinski definition) is 1. The Morgan fingerprint density at radius 1 is 1.50 bits per heavy atom. The van der Waals surface area contributed by atoms with Gasteiger partial charge >= 0.3 is 5.97 Å². The standard InChI is InChI=1S/C12H11FIN3O2S/c1-2-17-11(8-4-3-7(13)5-9(8)14)15-16-12(17)20-6-10(18)19/h3-5H,2,6H2,1H3,(H,18,19). The average molecular weight is 407 g/mol. The summed E-state index contributed by atoms with van der Waals surface area (Å²) < 4.78 is 15.7. The van der Waals surface area contributed by atoms with Crippen LogP contribution in [0.5, 0.6) is 0 Å². The predicted molar refractivity (Wildman–Crippen MR) is 82.2 cm³/mol. The molecular weight excluding hydrogens is 396 g/mol. The summed E-state index contributed by atoms with van der Waals surface area (Å²) in [4.78, 5) is 10.6. The van der Waals surface area contributed by atoms with Gasteiger partial charge in [-0.3, -0.25) is 4.79 Å². The monoisotopic (exact) mass is 407 g/mol. The van der Waals surface area contributed by atoms with Gasteiger partial charge in [-0.15, -0.1) is 10.2 Å². The van der Waals surface area contributed by atoms with E-state index in [1.54, 1.807) is 6.07 Å². The number of thioether (sulfide) groups is 1. The van der Waals surface area contributed by atoms with Gasteiger partial charge in [0, 0.05) is 15.7 Å². The SMILES string of the molecule is CCn1c(SCC(=O)O)nnc1-c1ccc(F)cc1I. The molecule has 0 saturated heterocycles.